The quantitative estimate of drug-likeness (QED) is 0.212. The molecule has 0 radical (unpaired) electrons. The lowest BCUT2D eigenvalue weighted by Gasteiger charge is -2.63. The molecule has 7 atom stereocenters. The van der Waals surface area contributed by atoms with E-state index in [2.05, 4.69) is 52.3 Å². The number of rotatable bonds is 14. The number of nitrogens with one attached hydrogen (secondary N) is 4. The van der Waals surface area contributed by atoms with Crippen molar-refractivity contribution in [3.05, 3.63) is 71.3 Å². The molecule has 0 spiro atoms. The zero-order valence-corrected chi connectivity index (χ0v) is 31.3. The lowest BCUT2D eigenvalue weighted by molar-refractivity contribution is -0.185. The molecule has 2 aliphatic heterocycles. The fourth-order valence-electron chi connectivity index (χ4n) is 8.21. The number of hydrogen-bond donors (Lipinski definition) is 4. The van der Waals surface area contributed by atoms with Gasteiger partial charge in [0.15, 0.2) is 0 Å². The molecule has 4 fully saturated rings. The molecule has 3 aliphatic carbocycles. The third-order valence-corrected chi connectivity index (χ3v) is 11.6. The van der Waals surface area contributed by atoms with Gasteiger partial charge in [0.2, 0.25) is 23.6 Å². The first-order chi connectivity index (χ1) is 25.3. The zero-order valence-electron chi connectivity index (χ0n) is 31.3. The van der Waals surface area contributed by atoms with Crippen LogP contribution in [-0.4, -0.2) is 73.2 Å². The van der Waals surface area contributed by atoms with Crippen molar-refractivity contribution >= 4 is 30.7 Å². The Morgan fingerprint density at radius 1 is 0.907 bits per heavy atom. The molecule has 4 amide bonds. The van der Waals surface area contributed by atoms with Gasteiger partial charge in [-0.05, 0) is 61.0 Å². The fraction of sp³-hybridized carbons (Fsp3) is 0.579. The highest BCUT2D eigenvalue weighted by Gasteiger charge is 2.67. The second-order valence-corrected chi connectivity index (χ2v) is 16.2. The summed E-state index contributed by atoms with van der Waals surface area (Å²) in [5.74, 6) is -1.76. The summed E-state index contributed by atoms with van der Waals surface area (Å²) < 4.78 is 53.2. The maximum absolute atomic E-state index is 13.7. The molecule has 1 saturated heterocycles. The summed E-state index contributed by atoms with van der Waals surface area (Å²) in [5.41, 5.74) is -2.01. The van der Waals surface area contributed by atoms with Crippen LogP contribution in [0.5, 0.6) is 0 Å². The summed E-state index contributed by atoms with van der Waals surface area (Å²) in [6.45, 7) is 11.6. The van der Waals surface area contributed by atoms with Gasteiger partial charge < -0.3 is 30.6 Å². The Morgan fingerprint density at radius 2 is 1.59 bits per heavy atom. The number of nitrogens with zero attached hydrogens (tertiary/aromatic N) is 2. The van der Waals surface area contributed by atoms with E-state index in [9.17, 15) is 32.3 Å². The van der Waals surface area contributed by atoms with Crippen LogP contribution in [0.15, 0.2) is 64.8 Å². The first-order valence-electron chi connectivity index (χ1n) is 18.5. The molecule has 7 rings (SSSR count). The van der Waals surface area contributed by atoms with Crippen molar-refractivity contribution in [3.8, 4) is 0 Å². The maximum Gasteiger partial charge on any atom is 0.478 e. The van der Waals surface area contributed by atoms with Gasteiger partial charge in [-0.25, -0.2) is 0 Å². The van der Waals surface area contributed by atoms with Crippen LogP contribution in [0.3, 0.4) is 0 Å². The number of carbonyl (C=O) groups excluding carboxylic acids is 4. The normalized spacial score (nSPS) is 26.1. The summed E-state index contributed by atoms with van der Waals surface area (Å²) in [6.07, 6.45) is -2.85. The van der Waals surface area contributed by atoms with Crippen molar-refractivity contribution in [1.29, 1.82) is 0 Å². The Kier molecular flexibility index (Phi) is 10.8. The van der Waals surface area contributed by atoms with Crippen LogP contribution < -0.4 is 21.3 Å². The van der Waals surface area contributed by atoms with Crippen LogP contribution in [0.4, 0.5) is 13.2 Å². The largest absolute Gasteiger partial charge is 0.478 e. The van der Waals surface area contributed by atoms with Gasteiger partial charge in [0.05, 0.1) is 24.6 Å². The highest BCUT2D eigenvalue weighted by atomic mass is 19.4. The Balaban J connectivity index is 1.05. The van der Waals surface area contributed by atoms with Crippen LogP contribution in [0, 0.1) is 23.2 Å². The number of benzene rings is 2. The molecule has 5 aliphatic rings. The third-order valence-electron chi connectivity index (χ3n) is 11.6. The number of amides is 4. The Morgan fingerprint density at radius 3 is 2.22 bits per heavy atom. The third kappa shape index (κ3) is 7.91. The van der Waals surface area contributed by atoms with Gasteiger partial charge in [-0.15, -0.1) is 10.2 Å². The summed E-state index contributed by atoms with van der Waals surface area (Å²) in [6, 6.07) is 11.2. The Labute approximate surface area is 313 Å². The minimum atomic E-state index is -4.71. The first kappa shape index (κ1) is 39.4. The zero-order chi connectivity index (χ0) is 39.2. The van der Waals surface area contributed by atoms with Crippen molar-refractivity contribution in [1.82, 2.24) is 21.3 Å². The van der Waals surface area contributed by atoms with E-state index in [0.717, 1.165) is 18.4 Å². The highest BCUT2D eigenvalue weighted by Crippen LogP contribution is 2.64. The van der Waals surface area contributed by atoms with E-state index >= 15 is 0 Å². The molecule has 54 heavy (non-hydrogen) atoms. The van der Waals surface area contributed by atoms with Crippen LogP contribution in [-0.2, 0) is 47.0 Å². The number of alkyl halides is 3. The minimum absolute atomic E-state index is 0.0460. The van der Waals surface area contributed by atoms with Gasteiger partial charge in [0, 0.05) is 12.0 Å². The van der Waals surface area contributed by atoms with Crippen LogP contribution in [0.2, 0.25) is 0 Å². The molecular weight excluding hydrogens is 704 g/mol. The van der Waals surface area contributed by atoms with Crippen molar-refractivity contribution < 1.29 is 41.7 Å². The molecule has 2 aromatic carbocycles. The van der Waals surface area contributed by atoms with Gasteiger partial charge >= 0.3 is 19.0 Å². The Bertz CT molecular complexity index is 1790. The van der Waals surface area contributed by atoms with Crippen molar-refractivity contribution in [3.63, 3.8) is 0 Å². The van der Waals surface area contributed by atoms with Crippen molar-refractivity contribution in [2.45, 2.75) is 109 Å². The Hall–Kier alpha value is -4.31. The standard InChI is InChI=1S/C38H48BF3N6O6/c1-21(2)30(46-29(49)17-24-13-10-14-25(15-24)37(47-48-37)38(40,41)42)34(52)45-28(16-23-11-8-7-9-12-23)33(51)44-22(3)32(50)43-20-39-53-31-27-18-26(35(27,4)5)19-36(31,6)54-39/h7-15,21-22,26-28,30-31H,16-20H2,1-6H3,(H,43,50)(H,44,51)(H,45,52)(H,46,49). The molecule has 0 aromatic heterocycles. The molecule has 2 bridgehead atoms. The van der Waals surface area contributed by atoms with E-state index in [0.29, 0.717) is 11.8 Å². The average molecular weight is 753 g/mol. The predicted octanol–water partition coefficient (Wildman–Crippen LogP) is 4.17. The topological polar surface area (TPSA) is 160 Å². The molecule has 2 heterocycles. The number of hydrogen-bond acceptors (Lipinski definition) is 8. The van der Waals surface area contributed by atoms with Gasteiger partial charge in [-0.3, -0.25) is 19.2 Å². The average Bonchev–Trinajstić information content (AvgIpc) is 3.86. The predicted molar refractivity (Wildman–Crippen MR) is 192 cm³/mol. The smallest absolute Gasteiger partial charge is 0.404 e. The van der Waals surface area contributed by atoms with Gasteiger partial charge in [-0.2, -0.15) is 13.2 Å². The molecule has 2 aromatic rings. The summed E-state index contributed by atoms with van der Waals surface area (Å²) in [4.78, 5) is 53.7. The van der Waals surface area contributed by atoms with Gasteiger partial charge in [0.25, 0.3) is 0 Å². The van der Waals surface area contributed by atoms with Crippen molar-refractivity contribution in [2.24, 2.45) is 33.4 Å². The van der Waals surface area contributed by atoms with E-state index < -0.39 is 72.2 Å². The maximum atomic E-state index is 13.7. The minimum Gasteiger partial charge on any atom is -0.404 e. The van der Waals surface area contributed by atoms with Crippen LogP contribution in [0.25, 0.3) is 0 Å². The molecule has 290 valence electrons. The lowest BCUT2D eigenvalue weighted by atomic mass is 9.45. The molecule has 3 saturated carbocycles. The van der Waals surface area contributed by atoms with Crippen molar-refractivity contribution in [2.75, 3.05) is 6.44 Å². The molecule has 7 unspecified atom stereocenters. The van der Waals surface area contributed by atoms with Crippen LogP contribution in [0.1, 0.15) is 71.1 Å². The summed E-state index contributed by atoms with van der Waals surface area (Å²) in [7, 11) is -0.611. The van der Waals surface area contributed by atoms with E-state index in [1.165, 1.54) is 31.2 Å². The first-order valence-corrected chi connectivity index (χ1v) is 18.5. The monoisotopic (exact) mass is 752 g/mol. The lowest BCUT2D eigenvalue weighted by Crippen LogP contribution is -2.63. The summed E-state index contributed by atoms with van der Waals surface area (Å²) >= 11 is 0. The van der Waals surface area contributed by atoms with Gasteiger partial charge in [0.1, 0.15) is 18.1 Å². The van der Waals surface area contributed by atoms with Crippen LogP contribution >= 0.6 is 0 Å². The van der Waals surface area contributed by atoms with E-state index in [-0.39, 0.29) is 41.9 Å². The van der Waals surface area contributed by atoms with E-state index in [4.69, 9.17) is 9.31 Å². The van der Waals surface area contributed by atoms with E-state index in [1.54, 1.807) is 38.1 Å². The number of carbonyl (C=O) groups is 4. The molecule has 12 nitrogen and oxygen atoms in total. The molecule has 16 heteroatoms. The van der Waals surface area contributed by atoms with E-state index in [1.807, 2.05) is 6.07 Å². The second kappa shape index (κ2) is 14.7. The molecular formula is C38H48BF3N6O6. The molecule has 4 N–H and O–H groups in total. The number of halogens is 3. The second-order valence-electron chi connectivity index (χ2n) is 16.2. The SMILES string of the molecule is CC(NC(=O)C(Cc1ccccc1)NC(=O)C(NC(=O)Cc1cccc(C2(C(F)(F)F)N=N2)c1)C(C)C)C(=O)NCB1OC2C3CC(CC2(C)O1)C3(C)C. The fourth-order valence-corrected chi connectivity index (χ4v) is 8.21. The summed E-state index contributed by atoms with van der Waals surface area (Å²) in [5, 5.41) is 17.4. The van der Waals surface area contributed by atoms with Gasteiger partial charge in [-0.1, -0.05) is 82.3 Å². The highest BCUT2D eigenvalue weighted by molar-refractivity contribution is 6.46.